The molecule has 0 aromatic heterocycles. The number of rotatable bonds is 2. The van der Waals surface area contributed by atoms with Gasteiger partial charge in [0.15, 0.2) is 0 Å². The second-order valence-corrected chi connectivity index (χ2v) is 3.15. The van der Waals surface area contributed by atoms with Crippen molar-refractivity contribution in [3.63, 3.8) is 0 Å². The van der Waals surface area contributed by atoms with E-state index in [0.717, 1.165) is 25.9 Å². The lowest BCUT2D eigenvalue weighted by Crippen LogP contribution is -2.28. The number of methoxy groups -OCH3 is 1. The molecule has 1 aliphatic heterocycles. The highest BCUT2D eigenvalue weighted by Crippen LogP contribution is 2.18. The second-order valence-electron chi connectivity index (χ2n) is 3.15. The highest BCUT2D eigenvalue weighted by Gasteiger charge is 2.25. The van der Waals surface area contributed by atoms with Crippen molar-refractivity contribution in [2.24, 2.45) is 11.7 Å². The van der Waals surface area contributed by atoms with Crippen LogP contribution in [-0.4, -0.2) is 37.7 Å². The first-order valence-electron chi connectivity index (χ1n) is 4.31. The summed E-state index contributed by atoms with van der Waals surface area (Å²) < 4.78 is 4.62. The van der Waals surface area contributed by atoms with Gasteiger partial charge < -0.3 is 15.4 Å². The topological polar surface area (TPSA) is 55.6 Å². The third-order valence-corrected chi connectivity index (χ3v) is 2.29. The molecule has 12 heavy (non-hydrogen) atoms. The second kappa shape index (κ2) is 4.30. The summed E-state index contributed by atoms with van der Waals surface area (Å²) in [4.78, 5) is 12.8. The van der Waals surface area contributed by atoms with Crippen molar-refractivity contribution in [2.45, 2.75) is 12.8 Å². The number of nitrogens with zero attached hydrogens (tertiary/aromatic N) is 1. The van der Waals surface area contributed by atoms with Crippen LogP contribution in [0.25, 0.3) is 0 Å². The average Bonchev–Trinajstić information content (AvgIpc) is 2.52. The number of carbonyl (C=O) groups excluding carboxylic acids is 1. The van der Waals surface area contributed by atoms with Crippen LogP contribution in [0, 0.1) is 5.92 Å². The van der Waals surface area contributed by atoms with E-state index in [4.69, 9.17) is 5.73 Å². The summed E-state index contributed by atoms with van der Waals surface area (Å²) in [5.41, 5.74) is 5.43. The maximum Gasteiger partial charge on any atom is 0.409 e. The number of ether oxygens (including phenoxy) is 1. The first-order valence-corrected chi connectivity index (χ1v) is 4.31. The Kier molecular flexibility index (Phi) is 3.34. The van der Waals surface area contributed by atoms with Gasteiger partial charge in [0.05, 0.1) is 7.11 Å². The third-order valence-electron chi connectivity index (χ3n) is 2.29. The lowest BCUT2D eigenvalue weighted by Gasteiger charge is -2.13. The monoisotopic (exact) mass is 172 g/mol. The van der Waals surface area contributed by atoms with Crippen molar-refractivity contribution in [2.75, 3.05) is 26.7 Å². The normalized spacial score (nSPS) is 22.8. The molecule has 0 aromatic rings. The van der Waals surface area contributed by atoms with Crippen molar-refractivity contribution in [3.05, 3.63) is 0 Å². The lowest BCUT2D eigenvalue weighted by atomic mass is 10.1. The Bertz CT molecular complexity index is 161. The predicted octanol–water partition coefficient (Wildman–Crippen LogP) is 0.424. The molecule has 0 saturated carbocycles. The average molecular weight is 172 g/mol. The van der Waals surface area contributed by atoms with Crippen LogP contribution in [0.4, 0.5) is 4.79 Å². The van der Waals surface area contributed by atoms with E-state index >= 15 is 0 Å². The fourth-order valence-corrected chi connectivity index (χ4v) is 1.60. The van der Waals surface area contributed by atoms with Gasteiger partial charge in [0, 0.05) is 13.1 Å². The number of hydrogen-bond acceptors (Lipinski definition) is 3. The van der Waals surface area contributed by atoms with Gasteiger partial charge in [0.2, 0.25) is 0 Å². The standard InChI is InChI=1S/C8H16N2O2/c1-12-8(11)10-5-3-7(6-10)2-4-9/h7H,2-6,9H2,1H3. The zero-order valence-corrected chi connectivity index (χ0v) is 7.45. The Hall–Kier alpha value is -0.770. The molecule has 4 nitrogen and oxygen atoms in total. The molecule has 4 heteroatoms. The zero-order chi connectivity index (χ0) is 8.97. The first kappa shape index (κ1) is 9.32. The maximum absolute atomic E-state index is 11.0. The quantitative estimate of drug-likeness (QED) is 0.657. The number of hydrogen-bond donors (Lipinski definition) is 1. The molecule has 1 saturated heterocycles. The smallest absolute Gasteiger partial charge is 0.409 e. The van der Waals surface area contributed by atoms with E-state index in [-0.39, 0.29) is 6.09 Å². The summed E-state index contributed by atoms with van der Waals surface area (Å²) >= 11 is 0. The van der Waals surface area contributed by atoms with Crippen LogP contribution >= 0.6 is 0 Å². The molecular formula is C8H16N2O2. The van der Waals surface area contributed by atoms with Crippen molar-refractivity contribution in [3.8, 4) is 0 Å². The molecular weight excluding hydrogens is 156 g/mol. The van der Waals surface area contributed by atoms with Gasteiger partial charge in [-0.15, -0.1) is 0 Å². The predicted molar refractivity (Wildman–Crippen MR) is 45.8 cm³/mol. The molecule has 0 bridgehead atoms. The fourth-order valence-electron chi connectivity index (χ4n) is 1.60. The van der Waals surface area contributed by atoms with Gasteiger partial charge in [-0.05, 0) is 25.3 Å². The molecule has 1 fully saturated rings. The molecule has 1 heterocycles. The van der Waals surface area contributed by atoms with Gasteiger partial charge in [0.25, 0.3) is 0 Å². The molecule has 0 radical (unpaired) electrons. The van der Waals surface area contributed by atoms with Crippen LogP contribution < -0.4 is 5.73 Å². The number of likely N-dealkylation sites (tertiary alicyclic amines) is 1. The first-order chi connectivity index (χ1) is 5.77. The van der Waals surface area contributed by atoms with Crippen molar-refractivity contribution >= 4 is 6.09 Å². The summed E-state index contributed by atoms with van der Waals surface area (Å²) in [6.07, 6.45) is 1.86. The van der Waals surface area contributed by atoms with Gasteiger partial charge in [0.1, 0.15) is 0 Å². The summed E-state index contributed by atoms with van der Waals surface area (Å²) in [5, 5.41) is 0. The van der Waals surface area contributed by atoms with E-state index in [0.29, 0.717) is 12.5 Å². The van der Waals surface area contributed by atoms with E-state index in [1.165, 1.54) is 7.11 Å². The van der Waals surface area contributed by atoms with E-state index < -0.39 is 0 Å². The minimum atomic E-state index is -0.213. The Morgan fingerprint density at radius 3 is 3.08 bits per heavy atom. The Labute approximate surface area is 72.7 Å². The van der Waals surface area contributed by atoms with E-state index in [2.05, 4.69) is 4.74 Å². The van der Waals surface area contributed by atoms with E-state index in [1.807, 2.05) is 0 Å². The summed E-state index contributed by atoms with van der Waals surface area (Å²) in [6.45, 7) is 2.33. The molecule has 1 aliphatic rings. The molecule has 1 amide bonds. The molecule has 2 N–H and O–H groups in total. The minimum Gasteiger partial charge on any atom is -0.453 e. The SMILES string of the molecule is COC(=O)N1CCC(CCN)C1. The highest BCUT2D eigenvalue weighted by molar-refractivity contribution is 5.67. The Morgan fingerprint density at radius 2 is 2.50 bits per heavy atom. The van der Waals surface area contributed by atoms with Crippen LogP contribution in [0.5, 0.6) is 0 Å². The largest absolute Gasteiger partial charge is 0.453 e. The summed E-state index contributed by atoms with van der Waals surface area (Å²) in [7, 11) is 1.42. The minimum absolute atomic E-state index is 0.213. The Morgan fingerprint density at radius 1 is 1.75 bits per heavy atom. The molecule has 70 valence electrons. The fraction of sp³-hybridized carbons (Fsp3) is 0.875. The van der Waals surface area contributed by atoms with Crippen LogP contribution in [0.15, 0.2) is 0 Å². The van der Waals surface area contributed by atoms with E-state index in [9.17, 15) is 4.79 Å². The van der Waals surface area contributed by atoms with Gasteiger partial charge >= 0.3 is 6.09 Å². The Balaban J connectivity index is 2.30. The summed E-state index contributed by atoms with van der Waals surface area (Å²) in [5.74, 6) is 0.578. The molecule has 1 unspecified atom stereocenters. The van der Waals surface area contributed by atoms with E-state index in [1.54, 1.807) is 4.90 Å². The zero-order valence-electron chi connectivity index (χ0n) is 7.45. The molecule has 1 atom stereocenters. The van der Waals surface area contributed by atoms with Crippen LogP contribution in [-0.2, 0) is 4.74 Å². The van der Waals surface area contributed by atoms with Crippen LogP contribution in [0.2, 0.25) is 0 Å². The van der Waals surface area contributed by atoms with Gasteiger partial charge in [-0.2, -0.15) is 0 Å². The number of nitrogens with two attached hydrogens (primary N) is 1. The van der Waals surface area contributed by atoms with Crippen molar-refractivity contribution < 1.29 is 9.53 Å². The van der Waals surface area contributed by atoms with Gasteiger partial charge in [-0.3, -0.25) is 0 Å². The third kappa shape index (κ3) is 2.11. The number of amides is 1. The molecule has 1 rings (SSSR count). The summed E-state index contributed by atoms with van der Waals surface area (Å²) in [6, 6.07) is 0. The van der Waals surface area contributed by atoms with Crippen molar-refractivity contribution in [1.29, 1.82) is 0 Å². The highest BCUT2D eigenvalue weighted by atomic mass is 16.5. The maximum atomic E-state index is 11.0. The van der Waals surface area contributed by atoms with Crippen LogP contribution in [0.3, 0.4) is 0 Å². The van der Waals surface area contributed by atoms with Crippen LogP contribution in [0.1, 0.15) is 12.8 Å². The van der Waals surface area contributed by atoms with Gasteiger partial charge in [-0.25, -0.2) is 4.79 Å². The number of carbonyl (C=O) groups is 1. The lowest BCUT2D eigenvalue weighted by molar-refractivity contribution is 0.131. The molecule has 0 aromatic carbocycles. The van der Waals surface area contributed by atoms with Gasteiger partial charge in [-0.1, -0.05) is 0 Å². The molecule has 0 aliphatic carbocycles. The van der Waals surface area contributed by atoms with Crippen molar-refractivity contribution in [1.82, 2.24) is 4.90 Å². The molecule has 0 spiro atoms.